The van der Waals surface area contributed by atoms with Gasteiger partial charge in [-0.2, -0.15) is 0 Å². The highest BCUT2D eigenvalue weighted by atomic mass is 16.5. The predicted octanol–water partition coefficient (Wildman–Crippen LogP) is 2.39. The van der Waals surface area contributed by atoms with E-state index in [9.17, 15) is 14.4 Å². The molecule has 1 aromatic rings. The van der Waals surface area contributed by atoms with Crippen LogP contribution in [0.2, 0.25) is 0 Å². The summed E-state index contributed by atoms with van der Waals surface area (Å²) in [7, 11) is 0. The second-order valence-corrected chi connectivity index (χ2v) is 6.96. The Balaban J connectivity index is 1.88. The molecule has 1 fully saturated rings. The highest BCUT2D eigenvalue weighted by Crippen LogP contribution is 2.17. The molecule has 1 aliphatic rings. The Bertz CT molecular complexity index is 613. The second kappa shape index (κ2) is 11.2. The number of hydrogen-bond acceptors (Lipinski definition) is 4. The first-order valence-corrected chi connectivity index (χ1v) is 9.60. The van der Waals surface area contributed by atoms with Crippen molar-refractivity contribution in [1.82, 2.24) is 10.6 Å². The number of amides is 3. The number of nitrogens with one attached hydrogen (secondary N) is 2. The monoisotopic (exact) mass is 375 g/mol. The van der Waals surface area contributed by atoms with Crippen LogP contribution in [0.25, 0.3) is 0 Å². The molecule has 1 atom stereocenters. The first-order valence-electron chi connectivity index (χ1n) is 9.60. The maximum Gasteiger partial charge on any atom is 0.408 e. The number of benzene rings is 1. The van der Waals surface area contributed by atoms with E-state index in [0.29, 0.717) is 0 Å². The summed E-state index contributed by atoms with van der Waals surface area (Å²) < 4.78 is 5.18. The van der Waals surface area contributed by atoms with Gasteiger partial charge in [0.25, 0.3) is 0 Å². The van der Waals surface area contributed by atoms with E-state index in [4.69, 9.17) is 10.5 Å². The summed E-state index contributed by atoms with van der Waals surface area (Å²) in [4.78, 5) is 35.8. The first kappa shape index (κ1) is 20.7. The summed E-state index contributed by atoms with van der Waals surface area (Å²) in [5.74, 6) is -0.804. The van der Waals surface area contributed by atoms with Gasteiger partial charge < -0.3 is 21.1 Å². The van der Waals surface area contributed by atoms with Crippen LogP contribution in [0.15, 0.2) is 30.3 Å². The lowest BCUT2D eigenvalue weighted by Crippen LogP contribution is -2.50. The molecule has 0 heterocycles. The van der Waals surface area contributed by atoms with Crippen LogP contribution in [0.5, 0.6) is 0 Å². The van der Waals surface area contributed by atoms with Crippen LogP contribution >= 0.6 is 0 Å². The summed E-state index contributed by atoms with van der Waals surface area (Å²) >= 11 is 0. The van der Waals surface area contributed by atoms with E-state index in [2.05, 4.69) is 10.6 Å². The zero-order valence-corrected chi connectivity index (χ0v) is 15.6. The molecule has 0 bridgehead atoms. The molecule has 0 saturated heterocycles. The number of nitrogens with two attached hydrogens (primary N) is 1. The number of ether oxygens (including phenoxy) is 1. The SMILES string of the molecule is NC(=O)CC[C@H](NC(=O)OCc1ccccc1)C(=O)NC1CCCCCC1. The Morgan fingerprint density at radius 2 is 1.74 bits per heavy atom. The van der Waals surface area contributed by atoms with Crippen molar-refractivity contribution >= 4 is 17.9 Å². The third-order valence-electron chi connectivity index (χ3n) is 4.70. The summed E-state index contributed by atoms with van der Waals surface area (Å²) in [6.45, 7) is 0.111. The quantitative estimate of drug-likeness (QED) is 0.606. The van der Waals surface area contributed by atoms with E-state index >= 15 is 0 Å². The van der Waals surface area contributed by atoms with Crippen molar-refractivity contribution in [1.29, 1.82) is 0 Å². The lowest BCUT2D eigenvalue weighted by molar-refractivity contribution is -0.124. The van der Waals surface area contributed by atoms with Gasteiger partial charge in [-0.3, -0.25) is 9.59 Å². The zero-order valence-electron chi connectivity index (χ0n) is 15.6. The van der Waals surface area contributed by atoms with Crippen molar-refractivity contribution in [3.05, 3.63) is 35.9 Å². The van der Waals surface area contributed by atoms with E-state index < -0.39 is 18.0 Å². The van der Waals surface area contributed by atoms with Crippen LogP contribution in [0.3, 0.4) is 0 Å². The second-order valence-electron chi connectivity index (χ2n) is 6.96. The number of alkyl carbamates (subject to hydrolysis) is 1. The third kappa shape index (κ3) is 8.11. The van der Waals surface area contributed by atoms with Crippen molar-refractivity contribution in [2.75, 3.05) is 0 Å². The van der Waals surface area contributed by atoms with Crippen LogP contribution in [0.4, 0.5) is 4.79 Å². The Morgan fingerprint density at radius 3 is 2.37 bits per heavy atom. The minimum atomic E-state index is -0.843. The Labute approximate surface area is 160 Å². The van der Waals surface area contributed by atoms with Crippen LogP contribution in [0, 0.1) is 0 Å². The molecule has 1 aliphatic carbocycles. The highest BCUT2D eigenvalue weighted by molar-refractivity contribution is 5.86. The van der Waals surface area contributed by atoms with Crippen LogP contribution < -0.4 is 16.4 Å². The number of rotatable bonds is 8. The smallest absolute Gasteiger partial charge is 0.408 e. The lowest BCUT2D eigenvalue weighted by atomic mass is 10.1. The van der Waals surface area contributed by atoms with Crippen molar-refractivity contribution < 1.29 is 19.1 Å². The molecule has 0 aliphatic heterocycles. The number of carbonyl (C=O) groups excluding carboxylic acids is 3. The average molecular weight is 375 g/mol. The minimum Gasteiger partial charge on any atom is -0.445 e. The summed E-state index contributed by atoms with van der Waals surface area (Å²) in [5, 5.41) is 5.57. The van der Waals surface area contributed by atoms with Crippen molar-refractivity contribution in [2.45, 2.75) is 70.1 Å². The van der Waals surface area contributed by atoms with Gasteiger partial charge in [0.1, 0.15) is 12.6 Å². The average Bonchev–Trinajstić information content (AvgIpc) is 2.92. The van der Waals surface area contributed by atoms with Crippen LogP contribution in [-0.2, 0) is 20.9 Å². The van der Waals surface area contributed by atoms with Gasteiger partial charge in [0, 0.05) is 12.5 Å². The number of hydrogen-bond donors (Lipinski definition) is 3. The van der Waals surface area contributed by atoms with Crippen molar-refractivity contribution in [3.8, 4) is 0 Å². The molecule has 4 N–H and O–H groups in total. The lowest BCUT2D eigenvalue weighted by Gasteiger charge is -2.22. The van der Waals surface area contributed by atoms with Gasteiger partial charge in [0.2, 0.25) is 11.8 Å². The Morgan fingerprint density at radius 1 is 1.07 bits per heavy atom. The zero-order chi connectivity index (χ0) is 19.5. The molecule has 0 spiro atoms. The summed E-state index contributed by atoms with van der Waals surface area (Å²) in [6.07, 6.45) is 5.88. The molecule has 0 unspecified atom stereocenters. The van der Waals surface area contributed by atoms with E-state index in [1.807, 2.05) is 30.3 Å². The third-order valence-corrected chi connectivity index (χ3v) is 4.70. The van der Waals surface area contributed by atoms with E-state index in [1.165, 1.54) is 12.8 Å². The summed E-state index contributed by atoms with van der Waals surface area (Å²) in [5.41, 5.74) is 6.05. The van der Waals surface area contributed by atoms with Crippen molar-refractivity contribution in [3.63, 3.8) is 0 Å². The number of primary amides is 1. The minimum absolute atomic E-state index is 0.0156. The predicted molar refractivity (Wildman–Crippen MR) is 102 cm³/mol. The summed E-state index contributed by atoms with van der Waals surface area (Å²) in [6, 6.07) is 8.54. The molecule has 27 heavy (non-hydrogen) atoms. The van der Waals surface area contributed by atoms with Gasteiger partial charge in [-0.15, -0.1) is 0 Å². The standard InChI is InChI=1S/C20H29N3O4/c21-18(24)13-12-17(19(25)22-16-10-6-1-2-7-11-16)23-20(26)27-14-15-8-4-3-5-9-15/h3-5,8-9,16-17H,1-2,6-7,10-14H2,(H2,21,24)(H,22,25)(H,23,26)/t17-/m0/s1. The van der Waals surface area contributed by atoms with Crippen molar-refractivity contribution in [2.24, 2.45) is 5.73 Å². The van der Waals surface area contributed by atoms with Crippen LogP contribution in [0.1, 0.15) is 56.9 Å². The fourth-order valence-electron chi connectivity index (χ4n) is 3.19. The molecular weight excluding hydrogens is 346 g/mol. The van der Waals surface area contributed by atoms with E-state index in [-0.39, 0.29) is 31.4 Å². The highest BCUT2D eigenvalue weighted by Gasteiger charge is 2.24. The molecule has 7 nitrogen and oxygen atoms in total. The largest absolute Gasteiger partial charge is 0.445 e. The topological polar surface area (TPSA) is 111 Å². The fourth-order valence-corrected chi connectivity index (χ4v) is 3.19. The van der Waals surface area contributed by atoms with Gasteiger partial charge in [-0.1, -0.05) is 56.0 Å². The molecule has 0 radical (unpaired) electrons. The Kier molecular flexibility index (Phi) is 8.61. The molecular formula is C20H29N3O4. The maximum atomic E-state index is 12.6. The van der Waals surface area contributed by atoms with Gasteiger partial charge in [-0.25, -0.2) is 4.79 Å². The molecule has 148 valence electrons. The number of carbonyl (C=O) groups is 3. The van der Waals surface area contributed by atoms with Gasteiger partial charge >= 0.3 is 6.09 Å². The fraction of sp³-hybridized carbons (Fsp3) is 0.550. The molecule has 2 rings (SSSR count). The van der Waals surface area contributed by atoms with E-state index in [1.54, 1.807) is 0 Å². The van der Waals surface area contributed by atoms with Gasteiger partial charge in [-0.05, 0) is 24.8 Å². The molecule has 1 saturated carbocycles. The molecule has 3 amide bonds. The normalized spacial score (nSPS) is 16.0. The van der Waals surface area contributed by atoms with Gasteiger partial charge in [0.15, 0.2) is 0 Å². The van der Waals surface area contributed by atoms with Crippen LogP contribution in [-0.4, -0.2) is 30.0 Å². The maximum absolute atomic E-state index is 12.6. The Hall–Kier alpha value is -2.57. The molecule has 7 heteroatoms. The first-order chi connectivity index (χ1) is 13.0. The van der Waals surface area contributed by atoms with E-state index in [0.717, 1.165) is 31.2 Å². The molecule has 1 aromatic carbocycles. The molecule has 0 aromatic heterocycles. The van der Waals surface area contributed by atoms with Gasteiger partial charge in [0.05, 0.1) is 0 Å².